The van der Waals surface area contributed by atoms with Crippen LogP contribution in [0.15, 0.2) is 42.6 Å². The average molecular weight is 450 g/mol. The lowest BCUT2D eigenvalue weighted by Crippen LogP contribution is -2.45. The molecule has 3 aliphatic rings. The van der Waals surface area contributed by atoms with Crippen LogP contribution in [0.25, 0.3) is 0 Å². The van der Waals surface area contributed by atoms with Crippen molar-refractivity contribution in [3.8, 4) is 5.75 Å². The number of piperidine rings is 1. The van der Waals surface area contributed by atoms with Gasteiger partial charge >= 0.3 is 0 Å². The van der Waals surface area contributed by atoms with E-state index < -0.39 is 6.10 Å². The summed E-state index contributed by atoms with van der Waals surface area (Å²) in [4.78, 5) is 38.1. The van der Waals surface area contributed by atoms with Crippen LogP contribution in [0.1, 0.15) is 25.7 Å². The second-order valence-corrected chi connectivity index (χ2v) is 9.02. The van der Waals surface area contributed by atoms with Crippen molar-refractivity contribution in [3.05, 3.63) is 42.6 Å². The smallest absolute Gasteiger partial charge is 0.268 e. The minimum atomic E-state index is -0.524. The highest BCUT2D eigenvalue weighted by molar-refractivity contribution is 5.99. The minimum Gasteiger partial charge on any atom is -0.477 e. The zero-order valence-electron chi connectivity index (χ0n) is 19.2. The molecular formula is C25H31N5O3. The van der Waals surface area contributed by atoms with Crippen molar-refractivity contribution in [2.24, 2.45) is 0 Å². The summed E-state index contributed by atoms with van der Waals surface area (Å²) in [5.41, 5.74) is 1.74. The van der Waals surface area contributed by atoms with E-state index in [1.54, 1.807) is 11.1 Å². The van der Waals surface area contributed by atoms with E-state index in [2.05, 4.69) is 21.8 Å². The molecule has 1 atom stereocenters. The van der Waals surface area contributed by atoms with Gasteiger partial charge in [-0.3, -0.25) is 9.59 Å². The van der Waals surface area contributed by atoms with Crippen molar-refractivity contribution in [1.82, 2.24) is 9.88 Å². The van der Waals surface area contributed by atoms with Crippen LogP contribution in [0.3, 0.4) is 0 Å². The number of amides is 2. The van der Waals surface area contributed by atoms with Gasteiger partial charge in [0.15, 0.2) is 17.7 Å². The summed E-state index contributed by atoms with van der Waals surface area (Å²) in [6.07, 6.45) is 4.48. The van der Waals surface area contributed by atoms with Gasteiger partial charge in [0.2, 0.25) is 5.91 Å². The second kappa shape index (κ2) is 9.39. The highest BCUT2D eigenvalue weighted by atomic mass is 16.5. The van der Waals surface area contributed by atoms with Gasteiger partial charge in [-0.15, -0.1) is 0 Å². The predicted molar refractivity (Wildman–Crippen MR) is 128 cm³/mol. The van der Waals surface area contributed by atoms with Gasteiger partial charge in [0.05, 0.1) is 0 Å². The normalized spacial score (nSPS) is 22.2. The number of pyridine rings is 1. The molecule has 1 aromatic carbocycles. The molecule has 5 rings (SSSR count). The fourth-order valence-corrected chi connectivity index (χ4v) is 4.79. The fourth-order valence-electron chi connectivity index (χ4n) is 4.79. The molecule has 8 nitrogen and oxygen atoms in total. The van der Waals surface area contributed by atoms with E-state index in [-0.39, 0.29) is 11.8 Å². The van der Waals surface area contributed by atoms with E-state index in [0.717, 1.165) is 62.8 Å². The quantitative estimate of drug-likeness (QED) is 0.699. The average Bonchev–Trinajstić information content (AvgIpc) is 3.20. The standard InChI is InChI=1S/C25H31N5O3/c1-27-15-17-28(18-16-27)24-21(5-4-12-26-24)33-22-11-14-30(25(22)32)20-9-7-19(8-10-20)29-13-3-2-6-23(29)31/h4-5,7-10,12,22H,2-3,6,11,13-18H2,1H3. The minimum absolute atomic E-state index is 0.0371. The van der Waals surface area contributed by atoms with Gasteiger partial charge in [0.25, 0.3) is 5.91 Å². The Morgan fingerprint density at radius 3 is 2.33 bits per heavy atom. The largest absolute Gasteiger partial charge is 0.477 e. The van der Waals surface area contributed by atoms with Crippen LogP contribution in [-0.2, 0) is 9.59 Å². The molecule has 0 N–H and O–H groups in total. The zero-order valence-corrected chi connectivity index (χ0v) is 19.2. The molecule has 0 aliphatic carbocycles. The Labute approximate surface area is 194 Å². The van der Waals surface area contributed by atoms with E-state index in [9.17, 15) is 9.59 Å². The van der Waals surface area contributed by atoms with Crippen LogP contribution in [0.2, 0.25) is 0 Å². The van der Waals surface area contributed by atoms with Crippen LogP contribution in [-0.4, -0.2) is 74.1 Å². The van der Waals surface area contributed by atoms with Gasteiger partial charge in [0, 0.05) is 69.7 Å². The first-order chi connectivity index (χ1) is 16.1. The summed E-state index contributed by atoms with van der Waals surface area (Å²) in [6.45, 7) is 5.10. The summed E-state index contributed by atoms with van der Waals surface area (Å²) in [6, 6.07) is 11.5. The van der Waals surface area contributed by atoms with Crippen molar-refractivity contribution in [3.63, 3.8) is 0 Å². The molecule has 174 valence electrons. The Morgan fingerprint density at radius 2 is 1.61 bits per heavy atom. The molecule has 3 aliphatic heterocycles. The number of aromatic nitrogens is 1. The molecule has 0 saturated carbocycles. The first-order valence-electron chi connectivity index (χ1n) is 11.9. The van der Waals surface area contributed by atoms with E-state index >= 15 is 0 Å². The van der Waals surface area contributed by atoms with E-state index in [1.165, 1.54) is 0 Å². The molecule has 4 heterocycles. The van der Waals surface area contributed by atoms with Crippen LogP contribution >= 0.6 is 0 Å². The number of piperazine rings is 1. The van der Waals surface area contributed by atoms with Gasteiger partial charge < -0.3 is 24.3 Å². The number of nitrogens with zero attached hydrogens (tertiary/aromatic N) is 5. The third kappa shape index (κ3) is 4.53. The maximum atomic E-state index is 13.2. The second-order valence-electron chi connectivity index (χ2n) is 9.02. The van der Waals surface area contributed by atoms with Crippen LogP contribution in [0.4, 0.5) is 17.2 Å². The first-order valence-corrected chi connectivity index (χ1v) is 11.9. The van der Waals surface area contributed by atoms with Crippen molar-refractivity contribution in [2.45, 2.75) is 31.8 Å². The van der Waals surface area contributed by atoms with Gasteiger partial charge in [-0.2, -0.15) is 0 Å². The maximum absolute atomic E-state index is 13.2. The Kier molecular flexibility index (Phi) is 6.17. The fraction of sp³-hybridized carbons (Fsp3) is 0.480. The Balaban J connectivity index is 1.26. The van der Waals surface area contributed by atoms with Gasteiger partial charge in [0.1, 0.15) is 0 Å². The Bertz CT molecular complexity index is 1000. The van der Waals surface area contributed by atoms with Crippen LogP contribution in [0, 0.1) is 0 Å². The van der Waals surface area contributed by atoms with Crippen molar-refractivity contribution in [2.75, 3.05) is 61.0 Å². The number of hydrogen-bond acceptors (Lipinski definition) is 6. The molecule has 2 amide bonds. The number of hydrogen-bond donors (Lipinski definition) is 0. The molecule has 0 bridgehead atoms. The monoisotopic (exact) mass is 449 g/mol. The molecule has 2 aromatic rings. The number of likely N-dealkylation sites (N-methyl/N-ethyl adjacent to an activating group) is 1. The van der Waals surface area contributed by atoms with E-state index in [4.69, 9.17) is 4.74 Å². The molecule has 33 heavy (non-hydrogen) atoms. The number of anilines is 3. The third-order valence-electron chi connectivity index (χ3n) is 6.78. The SMILES string of the molecule is CN1CCN(c2ncccc2OC2CCN(c3ccc(N4CCCCC4=O)cc3)C2=O)CC1. The molecule has 0 spiro atoms. The molecule has 0 radical (unpaired) electrons. The number of carbonyl (C=O) groups excluding carboxylic acids is 2. The molecule has 3 saturated heterocycles. The lowest BCUT2D eigenvalue weighted by molar-refractivity contribution is -0.123. The summed E-state index contributed by atoms with van der Waals surface area (Å²) >= 11 is 0. The number of rotatable bonds is 5. The Hall–Kier alpha value is -3.13. The zero-order chi connectivity index (χ0) is 22.8. The summed E-state index contributed by atoms with van der Waals surface area (Å²) in [5.74, 6) is 1.62. The van der Waals surface area contributed by atoms with Crippen LogP contribution < -0.4 is 19.4 Å². The molecule has 3 fully saturated rings. The molecule has 1 aromatic heterocycles. The molecule has 8 heteroatoms. The molecular weight excluding hydrogens is 418 g/mol. The summed E-state index contributed by atoms with van der Waals surface area (Å²) in [5, 5.41) is 0. The predicted octanol–water partition coefficient (Wildman–Crippen LogP) is 2.53. The molecule has 1 unspecified atom stereocenters. The van der Waals surface area contributed by atoms with Crippen molar-refractivity contribution in [1.29, 1.82) is 0 Å². The van der Waals surface area contributed by atoms with E-state index in [1.807, 2.05) is 41.3 Å². The van der Waals surface area contributed by atoms with E-state index in [0.29, 0.717) is 25.1 Å². The summed E-state index contributed by atoms with van der Waals surface area (Å²) < 4.78 is 6.22. The van der Waals surface area contributed by atoms with Crippen LogP contribution in [0.5, 0.6) is 5.75 Å². The number of benzene rings is 1. The highest BCUT2D eigenvalue weighted by Gasteiger charge is 2.35. The Morgan fingerprint density at radius 1 is 0.879 bits per heavy atom. The van der Waals surface area contributed by atoms with Crippen molar-refractivity contribution >= 4 is 29.0 Å². The van der Waals surface area contributed by atoms with Crippen molar-refractivity contribution < 1.29 is 14.3 Å². The van der Waals surface area contributed by atoms with Gasteiger partial charge in [-0.25, -0.2) is 4.98 Å². The first kappa shape index (κ1) is 21.7. The number of ether oxygens (including phenoxy) is 1. The van der Waals surface area contributed by atoms with Gasteiger partial charge in [-0.1, -0.05) is 0 Å². The summed E-state index contributed by atoms with van der Waals surface area (Å²) in [7, 11) is 2.12. The third-order valence-corrected chi connectivity index (χ3v) is 6.78. The lowest BCUT2D eigenvalue weighted by Gasteiger charge is -2.34. The van der Waals surface area contributed by atoms with Gasteiger partial charge in [-0.05, 0) is 56.3 Å². The number of carbonyl (C=O) groups is 2. The topological polar surface area (TPSA) is 69.2 Å². The highest BCUT2D eigenvalue weighted by Crippen LogP contribution is 2.31. The maximum Gasteiger partial charge on any atom is 0.268 e. The lowest BCUT2D eigenvalue weighted by atomic mass is 10.1.